The highest BCUT2D eigenvalue weighted by molar-refractivity contribution is 5.89. The Morgan fingerprint density at radius 1 is 1.45 bits per heavy atom. The molecule has 1 aliphatic rings. The van der Waals surface area contributed by atoms with Gasteiger partial charge in [-0.3, -0.25) is 9.59 Å². The molecule has 1 saturated heterocycles. The van der Waals surface area contributed by atoms with Crippen LogP contribution in [0.15, 0.2) is 0 Å². The number of nitrogens with one attached hydrogen (secondary N) is 1. The summed E-state index contributed by atoms with van der Waals surface area (Å²) in [5.41, 5.74) is -0.837. The van der Waals surface area contributed by atoms with Crippen molar-refractivity contribution in [3.05, 3.63) is 0 Å². The summed E-state index contributed by atoms with van der Waals surface area (Å²) >= 11 is 0. The molecule has 1 unspecified atom stereocenters. The van der Waals surface area contributed by atoms with Crippen LogP contribution < -0.4 is 5.32 Å². The van der Waals surface area contributed by atoms with E-state index in [1.165, 1.54) is 0 Å². The highest BCUT2D eigenvalue weighted by Gasteiger charge is 2.35. The van der Waals surface area contributed by atoms with Gasteiger partial charge in [-0.05, 0) is 18.8 Å². The average Bonchev–Trinajstić information content (AvgIpc) is 2.76. The summed E-state index contributed by atoms with van der Waals surface area (Å²) in [5, 5.41) is 12.9. The zero-order chi connectivity index (χ0) is 15.3. The molecule has 1 atom stereocenters. The monoisotopic (exact) mass is 284 g/mol. The van der Waals surface area contributed by atoms with E-state index in [1.807, 2.05) is 13.8 Å². The van der Waals surface area contributed by atoms with Gasteiger partial charge in [-0.2, -0.15) is 0 Å². The van der Waals surface area contributed by atoms with E-state index in [0.717, 1.165) is 0 Å². The van der Waals surface area contributed by atoms with Crippen molar-refractivity contribution in [1.29, 1.82) is 0 Å². The molecule has 5 heteroatoms. The summed E-state index contributed by atoms with van der Waals surface area (Å²) in [4.78, 5) is 25.7. The summed E-state index contributed by atoms with van der Waals surface area (Å²) in [6.07, 6.45) is 1.49. The quantitative estimate of drug-likeness (QED) is 0.737. The molecule has 20 heavy (non-hydrogen) atoms. The first-order valence-corrected chi connectivity index (χ1v) is 7.59. The van der Waals surface area contributed by atoms with Crippen molar-refractivity contribution in [2.45, 2.75) is 52.6 Å². The van der Waals surface area contributed by atoms with Crippen molar-refractivity contribution in [1.82, 2.24) is 10.2 Å². The highest BCUT2D eigenvalue weighted by Crippen LogP contribution is 2.20. The Hall–Kier alpha value is -1.10. The van der Waals surface area contributed by atoms with E-state index in [9.17, 15) is 14.7 Å². The van der Waals surface area contributed by atoms with Crippen LogP contribution in [-0.4, -0.2) is 47.1 Å². The lowest BCUT2D eigenvalue weighted by molar-refractivity contribution is -0.129. The molecule has 1 aliphatic heterocycles. The topological polar surface area (TPSA) is 69.6 Å². The summed E-state index contributed by atoms with van der Waals surface area (Å²) < 4.78 is 0. The Balaban J connectivity index is 2.48. The summed E-state index contributed by atoms with van der Waals surface area (Å²) in [7, 11) is 0. The van der Waals surface area contributed by atoms with Crippen LogP contribution in [-0.2, 0) is 9.59 Å². The van der Waals surface area contributed by atoms with Gasteiger partial charge in [0.05, 0.1) is 11.5 Å². The Morgan fingerprint density at radius 3 is 2.55 bits per heavy atom. The van der Waals surface area contributed by atoms with E-state index in [2.05, 4.69) is 19.2 Å². The number of rotatable bonds is 7. The molecule has 2 amide bonds. The molecule has 116 valence electrons. The second-order valence-corrected chi connectivity index (χ2v) is 6.24. The molecule has 1 heterocycles. The normalized spacial score (nSPS) is 19.8. The van der Waals surface area contributed by atoms with Gasteiger partial charge in [-0.15, -0.1) is 0 Å². The number of amides is 2. The Kier molecular flexibility index (Phi) is 5.99. The smallest absolute Gasteiger partial charge is 0.225 e. The highest BCUT2D eigenvalue weighted by atomic mass is 16.3. The van der Waals surface area contributed by atoms with E-state index in [1.54, 1.807) is 4.90 Å². The molecule has 0 aromatic heterocycles. The molecule has 0 aliphatic carbocycles. The lowest BCUT2D eigenvalue weighted by atomic mass is 9.97. The molecule has 5 nitrogen and oxygen atoms in total. The van der Waals surface area contributed by atoms with Crippen molar-refractivity contribution < 1.29 is 14.7 Å². The van der Waals surface area contributed by atoms with Crippen molar-refractivity contribution in [2.24, 2.45) is 11.8 Å². The number of likely N-dealkylation sites (tertiary alicyclic amines) is 1. The van der Waals surface area contributed by atoms with Crippen LogP contribution in [0.2, 0.25) is 0 Å². The molecule has 0 radical (unpaired) electrons. The van der Waals surface area contributed by atoms with E-state index in [4.69, 9.17) is 0 Å². The lowest BCUT2D eigenvalue weighted by Gasteiger charge is -2.26. The first-order valence-electron chi connectivity index (χ1n) is 7.59. The minimum absolute atomic E-state index is 0.0556. The molecule has 0 aromatic carbocycles. The number of carbonyl (C=O) groups excluding carboxylic acids is 2. The molecule has 1 fully saturated rings. The maximum absolute atomic E-state index is 12.1. The van der Waals surface area contributed by atoms with Crippen LogP contribution in [0.25, 0.3) is 0 Å². The zero-order valence-electron chi connectivity index (χ0n) is 13.1. The van der Waals surface area contributed by atoms with E-state index >= 15 is 0 Å². The minimum Gasteiger partial charge on any atom is -0.388 e. The number of carbonyl (C=O) groups is 2. The van der Waals surface area contributed by atoms with Crippen molar-refractivity contribution in [2.75, 3.05) is 19.6 Å². The Labute approximate surface area is 121 Å². The fourth-order valence-corrected chi connectivity index (χ4v) is 2.46. The first-order chi connectivity index (χ1) is 9.31. The molecule has 0 bridgehead atoms. The summed E-state index contributed by atoms with van der Waals surface area (Å²) in [5.74, 6) is 0.0651. The van der Waals surface area contributed by atoms with E-state index in [0.29, 0.717) is 31.8 Å². The van der Waals surface area contributed by atoms with Crippen LogP contribution in [0.1, 0.15) is 47.0 Å². The predicted molar refractivity (Wildman–Crippen MR) is 78.1 cm³/mol. The molecular formula is C15H28N2O3. The largest absolute Gasteiger partial charge is 0.388 e. The Bertz CT molecular complexity index is 351. The molecule has 2 N–H and O–H groups in total. The van der Waals surface area contributed by atoms with Crippen molar-refractivity contribution in [3.8, 4) is 0 Å². The van der Waals surface area contributed by atoms with Crippen LogP contribution in [0.5, 0.6) is 0 Å². The fraction of sp³-hybridized carbons (Fsp3) is 0.867. The maximum Gasteiger partial charge on any atom is 0.225 e. The van der Waals surface area contributed by atoms with Gasteiger partial charge in [0, 0.05) is 26.1 Å². The van der Waals surface area contributed by atoms with E-state index in [-0.39, 0.29) is 30.7 Å². The number of hydrogen-bond donors (Lipinski definition) is 2. The van der Waals surface area contributed by atoms with Crippen LogP contribution >= 0.6 is 0 Å². The first kappa shape index (κ1) is 17.0. The molecular weight excluding hydrogens is 256 g/mol. The summed E-state index contributed by atoms with van der Waals surface area (Å²) in [6.45, 7) is 9.38. The predicted octanol–water partition coefficient (Wildman–Crippen LogP) is 1.16. The molecule has 0 saturated carbocycles. The van der Waals surface area contributed by atoms with Gasteiger partial charge in [0.1, 0.15) is 0 Å². The summed E-state index contributed by atoms with van der Waals surface area (Å²) in [6, 6.07) is 0. The van der Waals surface area contributed by atoms with Crippen LogP contribution in [0.4, 0.5) is 0 Å². The maximum atomic E-state index is 12.1. The fourth-order valence-electron chi connectivity index (χ4n) is 2.46. The standard InChI is InChI=1S/C15H28N2O3/c1-5-15(20,6-2)10-16-14(19)12-7-13(18)17(9-12)8-11(3)4/h11-12,20H,5-10H2,1-4H3,(H,16,19). The third-order valence-corrected chi connectivity index (χ3v) is 4.08. The minimum atomic E-state index is -0.837. The van der Waals surface area contributed by atoms with Gasteiger partial charge in [0.15, 0.2) is 0 Å². The average molecular weight is 284 g/mol. The van der Waals surface area contributed by atoms with Crippen molar-refractivity contribution >= 4 is 11.8 Å². The third-order valence-electron chi connectivity index (χ3n) is 4.08. The SMILES string of the molecule is CCC(O)(CC)CNC(=O)C1CC(=O)N(CC(C)C)C1. The Morgan fingerprint density at radius 2 is 2.05 bits per heavy atom. The van der Waals surface area contributed by atoms with Gasteiger partial charge in [-0.1, -0.05) is 27.7 Å². The molecule has 0 aromatic rings. The van der Waals surface area contributed by atoms with Gasteiger partial charge in [0.2, 0.25) is 11.8 Å². The van der Waals surface area contributed by atoms with Gasteiger partial charge >= 0.3 is 0 Å². The van der Waals surface area contributed by atoms with Crippen LogP contribution in [0.3, 0.4) is 0 Å². The lowest BCUT2D eigenvalue weighted by Crippen LogP contribution is -2.44. The van der Waals surface area contributed by atoms with Gasteiger partial charge in [-0.25, -0.2) is 0 Å². The van der Waals surface area contributed by atoms with Gasteiger partial charge < -0.3 is 15.3 Å². The van der Waals surface area contributed by atoms with Crippen LogP contribution in [0, 0.1) is 11.8 Å². The van der Waals surface area contributed by atoms with Crippen molar-refractivity contribution in [3.63, 3.8) is 0 Å². The molecule has 1 rings (SSSR count). The molecule has 0 spiro atoms. The number of aliphatic hydroxyl groups is 1. The second kappa shape index (κ2) is 7.07. The third kappa shape index (κ3) is 4.47. The number of nitrogens with zero attached hydrogens (tertiary/aromatic N) is 1. The van der Waals surface area contributed by atoms with Gasteiger partial charge in [0.25, 0.3) is 0 Å². The number of hydrogen-bond acceptors (Lipinski definition) is 3. The van der Waals surface area contributed by atoms with E-state index < -0.39 is 5.60 Å². The second-order valence-electron chi connectivity index (χ2n) is 6.24. The zero-order valence-corrected chi connectivity index (χ0v) is 13.1.